The summed E-state index contributed by atoms with van der Waals surface area (Å²) in [5, 5.41) is 24.0. The zero-order chi connectivity index (χ0) is 14.6. The quantitative estimate of drug-likeness (QED) is 0.284. The molecular weight excluding hydrogens is 246 g/mol. The lowest BCUT2D eigenvalue weighted by atomic mass is 9.92. The zero-order valence-corrected chi connectivity index (χ0v) is 11.3. The lowest BCUT2D eigenvalue weighted by molar-refractivity contribution is 0.0941. The average Bonchev–Trinajstić information content (AvgIpc) is 2.38. The van der Waals surface area contributed by atoms with Crippen LogP contribution in [-0.4, -0.2) is 28.6 Å². The molecule has 1 rings (SSSR count). The van der Waals surface area contributed by atoms with E-state index in [0.717, 1.165) is 0 Å². The number of amidine groups is 1. The molecule has 1 aromatic carbocycles. The normalized spacial score (nSPS) is 12.3. The summed E-state index contributed by atoms with van der Waals surface area (Å²) in [4.78, 5) is 12.0. The molecule has 0 bridgehead atoms. The number of hydrogen-bond donors (Lipinski definition) is 4. The number of amides is 1. The number of aryl methyl sites for hydroxylation is 1. The SMILES string of the molecule is Cc1cccc(C(=O)NCC(C)(C)/C(N)=N/O)c1O. The van der Waals surface area contributed by atoms with Crippen LogP contribution in [0.4, 0.5) is 0 Å². The van der Waals surface area contributed by atoms with E-state index in [2.05, 4.69) is 10.5 Å². The predicted molar refractivity (Wildman–Crippen MR) is 72.4 cm³/mol. The second-order valence-electron chi connectivity index (χ2n) is 5.02. The number of aromatic hydroxyl groups is 1. The van der Waals surface area contributed by atoms with Gasteiger partial charge in [-0.25, -0.2) is 0 Å². The highest BCUT2D eigenvalue weighted by Gasteiger charge is 2.25. The topological polar surface area (TPSA) is 108 Å². The third kappa shape index (κ3) is 3.37. The van der Waals surface area contributed by atoms with E-state index >= 15 is 0 Å². The maximum absolute atomic E-state index is 12.0. The minimum absolute atomic E-state index is 0.0289. The number of nitrogens with two attached hydrogens (primary N) is 1. The fraction of sp³-hybridized carbons (Fsp3) is 0.385. The molecule has 0 aliphatic heterocycles. The highest BCUT2D eigenvalue weighted by atomic mass is 16.4. The lowest BCUT2D eigenvalue weighted by Gasteiger charge is -2.23. The van der Waals surface area contributed by atoms with Crippen LogP contribution in [0.15, 0.2) is 23.4 Å². The van der Waals surface area contributed by atoms with Gasteiger partial charge in [-0.3, -0.25) is 4.79 Å². The molecule has 0 aliphatic rings. The molecule has 1 amide bonds. The molecule has 0 saturated carbocycles. The largest absolute Gasteiger partial charge is 0.507 e. The van der Waals surface area contributed by atoms with Gasteiger partial charge in [-0.2, -0.15) is 0 Å². The molecule has 0 heterocycles. The Bertz CT molecular complexity index is 510. The average molecular weight is 265 g/mol. The van der Waals surface area contributed by atoms with E-state index in [1.54, 1.807) is 32.9 Å². The summed E-state index contributed by atoms with van der Waals surface area (Å²) in [6, 6.07) is 4.94. The first-order valence-electron chi connectivity index (χ1n) is 5.84. The van der Waals surface area contributed by atoms with Crippen molar-refractivity contribution < 1.29 is 15.1 Å². The second kappa shape index (κ2) is 5.60. The van der Waals surface area contributed by atoms with Gasteiger partial charge >= 0.3 is 0 Å². The second-order valence-corrected chi connectivity index (χ2v) is 5.02. The van der Waals surface area contributed by atoms with E-state index in [9.17, 15) is 9.90 Å². The van der Waals surface area contributed by atoms with Gasteiger partial charge < -0.3 is 21.4 Å². The van der Waals surface area contributed by atoms with Gasteiger partial charge in [-0.15, -0.1) is 0 Å². The van der Waals surface area contributed by atoms with Crippen molar-refractivity contribution >= 4 is 11.7 Å². The Balaban J connectivity index is 2.79. The fourth-order valence-corrected chi connectivity index (χ4v) is 1.46. The van der Waals surface area contributed by atoms with Gasteiger partial charge in [0.1, 0.15) is 11.6 Å². The van der Waals surface area contributed by atoms with Crippen molar-refractivity contribution in [2.24, 2.45) is 16.3 Å². The molecule has 0 atom stereocenters. The Morgan fingerprint density at radius 2 is 2.11 bits per heavy atom. The Morgan fingerprint density at radius 3 is 2.68 bits per heavy atom. The maximum atomic E-state index is 12.0. The van der Waals surface area contributed by atoms with Gasteiger partial charge in [0.15, 0.2) is 0 Å². The van der Waals surface area contributed by atoms with Gasteiger partial charge in [0.2, 0.25) is 0 Å². The van der Waals surface area contributed by atoms with Crippen molar-refractivity contribution in [3.63, 3.8) is 0 Å². The molecule has 6 heteroatoms. The molecule has 0 unspecified atom stereocenters. The summed E-state index contributed by atoms with van der Waals surface area (Å²) in [6.07, 6.45) is 0. The third-order valence-electron chi connectivity index (χ3n) is 2.97. The first-order valence-corrected chi connectivity index (χ1v) is 5.84. The summed E-state index contributed by atoms with van der Waals surface area (Å²) in [7, 11) is 0. The molecule has 0 aliphatic carbocycles. The van der Waals surface area contributed by atoms with Crippen molar-refractivity contribution in [2.45, 2.75) is 20.8 Å². The molecule has 6 nitrogen and oxygen atoms in total. The Kier molecular flexibility index (Phi) is 4.37. The standard InChI is InChI=1S/C13H19N3O3/c1-8-5-4-6-9(10(8)17)11(18)15-7-13(2,3)12(14)16-19/h4-6,17,19H,7H2,1-3H3,(H2,14,16)(H,15,18). The van der Waals surface area contributed by atoms with E-state index in [-0.39, 0.29) is 23.7 Å². The molecule has 0 radical (unpaired) electrons. The van der Waals surface area contributed by atoms with Crippen LogP contribution in [0, 0.1) is 12.3 Å². The Hall–Kier alpha value is -2.24. The van der Waals surface area contributed by atoms with Crippen molar-refractivity contribution in [1.82, 2.24) is 5.32 Å². The lowest BCUT2D eigenvalue weighted by Crippen LogP contribution is -2.42. The summed E-state index contributed by atoms with van der Waals surface area (Å²) >= 11 is 0. The maximum Gasteiger partial charge on any atom is 0.255 e. The van der Waals surface area contributed by atoms with Crippen LogP contribution in [0.5, 0.6) is 5.75 Å². The molecule has 1 aromatic rings. The summed E-state index contributed by atoms with van der Waals surface area (Å²) in [6.45, 7) is 5.37. The minimum Gasteiger partial charge on any atom is -0.507 e. The van der Waals surface area contributed by atoms with Crippen LogP contribution in [0.3, 0.4) is 0 Å². The molecule has 0 saturated heterocycles. The van der Waals surface area contributed by atoms with Crippen LogP contribution in [-0.2, 0) is 0 Å². The first-order chi connectivity index (χ1) is 8.79. The van der Waals surface area contributed by atoms with Gasteiger partial charge in [-0.05, 0) is 18.6 Å². The number of hydrogen-bond acceptors (Lipinski definition) is 4. The number of carbonyl (C=O) groups is 1. The highest BCUT2D eigenvalue weighted by molar-refractivity contribution is 5.97. The van der Waals surface area contributed by atoms with Crippen molar-refractivity contribution in [3.05, 3.63) is 29.3 Å². The third-order valence-corrected chi connectivity index (χ3v) is 2.97. The number of carbonyl (C=O) groups excluding carboxylic acids is 1. The smallest absolute Gasteiger partial charge is 0.255 e. The number of nitrogens with one attached hydrogen (secondary N) is 1. The van der Waals surface area contributed by atoms with E-state index in [1.165, 1.54) is 6.07 Å². The summed E-state index contributed by atoms with van der Waals surface area (Å²) in [5.41, 5.74) is 5.68. The molecule has 0 spiro atoms. The van der Waals surface area contributed by atoms with Crippen LogP contribution >= 0.6 is 0 Å². The predicted octanol–water partition coefficient (Wildman–Crippen LogP) is 1.20. The zero-order valence-electron chi connectivity index (χ0n) is 11.3. The molecule has 5 N–H and O–H groups in total. The van der Waals surface area contributed by atoms with Gasteiger partial charge in [-0.1, -0.05) is 31.1 Å². The van der Waals surface area contributed by atoms with Crippen molar-refractivity contribution in [1.29, 1.82) is 0 Å². The fourth-order valence-electron chi connectivity index (χ4n) is 1.46. The number of para-hydroxylation sites is 1. The molecule has 19 heavy (non-hydrogen) atoms. The van der Waals surface area contributed by atoms with E-state index < -0.39 is 11.3 Å². The number of benzene rings is 1. The highest BCUT2D eigenvalue weighted by Crippen LogP contribution is 2.21. The Labute approximate surface area is 111 Å². The monoisotopic (exact) mass is 265 g/mol. The molecule has 0 fully saturated rings. The van der Waals surface area contributed by atoms with Crippen molar-refractivity contribution in [3.8, 4) is 5.75 Å². The Morgan fingerprint density at radius 1 is 1.47 bits per heavy atom. The number of phenols is 1. The number of rotatable bonds is 4. The summed E-state index contributed by atoms with van der Waals surface area (Å²) in [5.74, 6) is -0.414. The molecular formula is C13H19N3O3. The van der Waals surface area contributed by atoms with Crippen LogP contribution in [0.2, 0.25) is 0 Å². The molecule has 104 valence electrons. The van der Waals surface area contributed by atoms with Crippen LogP contribution in [0.25, 0.3) is 0 Å². The molecule has 0 aromatic heterocycles. The van der Waals surface area contributed by atoms with E-state index in [0.29, 0.717) is 5.56 Å². The van der Waals surface area contributed by atoms with Crippen molar-refractivity contribution in [2.75, 3.05) is 6.54 Å². The van der Waals surface area contributed by atoms with Crippen LogP contribution < -0.4 is 11.1 Å². The number of phenolic OH excluding ortho intramolecular Hbond substituents is 1. The first kappa shape index (κ1) is 14.8. The number of oxime groups is 1. The number of nitrogens with zero attached hydrogens (tertiary/aromatic N) is 1. The van der Waals surface area contributed by atoms with Gasteiger partial charge in [0.05, 0.1) is 5.56 Å². The van der Waals surface area contributed by atoms with E-state index in [4.69, 9.17) is 10.9 Å². The van der Waals surface area contributed by atoms with E-state index in [1.807, 2.05) is 0 Å². The van der Waals surface area contributed by atoms with Crippen LogP contribution in [0.1, 0.15) is 29.8 Å². The van der Waals surface area contributed by atoms with Gasteiger partial charge in [0.25, 0.3) is 5.91 Å². The summed E-state index contributed by atoms with van der Waals surface area (Å²) < 4.78 is 0. The van der Waals surface area contributed by atoms with Gasteiger partial charge in [0, 0.05) is 12.0 Å². The minimum atomic E-state index is -0.677.